The van der Waals surface area contributed by atoms with Gasteiger partial charge < -0.3 is 9.80 Å². The van der Waals surface area contributed by atoms with Gasteiger partial charge in [0.25, 0.3) is 0 Å². The van der Waals surface area contributed by atoms with Crippen molar-refractivity contribution in [3.63, 3.8) is 0 Å². The van der Waals surface area contributed by atoms with Gasteiger partial charge in [-0.3, -0.25) is 0 Å². The van der Waals surface area contributed by atoms with Crippen LogP contribution in [0.15, 0.2) is 47.5 Å². The van der Waals surface area contributed by atoms with Crippen molar-refractivity contribution in [2.45, 2.75) is 13.8 Å². The van der Waals surface area contributed by atoms with E-state index in [1.54, 1.807) is 12.4 Å². The molecule has 2 aromatic carbocycles. The molecular weight excluding hydrogens is 277 g/mol. The highest BCUT2D eigenvalue weighted by atomic mass is 19.1. The largest absolute Gasteiger partial charge is 0.366 e. The molecule has 0 amide bonds. The van der Waals surface area contributed by atoms with E-state index in [1.165, 1.54) is 6.07 Å². The molecule has 0 saturated carbocycles. The summed E-state index contributed by atoms with van der Waals surface area (Å²) in [7, 11) is 3.87. The second kappa shape index (κ2) is 7.07. The molecule has 3 nitrogen and oxygen atoms in total. The first kappa shape index (κ1) is 16.0. The molecule has 0 aliphatic heterocycles. The van der Waals surface area contributed by atoms with Crippen LogP contribution in [0.5, 0.6) is 0 Å². The molecule has 0 radical (unpaired) electrons. The van der Waals surface area contributed by atoms with Crippen molar-refractivity contribution < 1.29 is 4.39 Å². The minimum absolute atomic E-state index is 0.283. The van der Waals surface area contributed by atoms with E-state index in [0.717, 1.165) is 23.5 Å². The fourth-order valence-electron chi connectivity index (χ4n) is 2.17. The lowest BCUT2D eigenvalue weighted by Gasteiger charge is -2.22. The van der Waals surface area contributed by atoms with Crippen LogP contribution < -0.4 is 4.90 Å². The van der Waals surface area contributed by atoms with E-state index in [4.69, 9.17) is 0 Å². The summed E-state index contributed by atoms with van der Waals surface area (Å²) in [5.74, 6) is -0.283. The second-order valence-electron chi connectivity index (χ2n) is 5.28. The summed E-state index contributed by atoms with van der Waals surface area (Å²) in [6.07, 6.45) is 1.73. The lowest BCUT2D eigenvalue weighted by Crippen LogP contribution is -2.14. The Morgan fingerprint density at radius 3 is 2.45 bits per heavy atom. The van der Waals surface area contributed by atoms with Gasteiger partial charge in [0.05, 0.1) is 12.0 Å². The number of para-hydroxylation sites is 1. The molecule has 0 aromatic heterocycles. The van der Waals surface area contributed by atoms with E-state index in [-0.39, 0.29) is 5.82 Å². The molecule has 0 bridgehead atoms. The molecule has 0 aliphatic rings. The molecule has 22 heavy (non-hydrogen) atoms. The van der Waals surface area contributed by atoms with Gasteiger partial charge in [-0.2, -0.15) is 0 Å². The molecule has 2 aromatic rings. The van der Waals surface area contributed by atoms with Crippen LogP contribution >= 0.6 is 0 Å². The zero-order chi connectivity index (χ0) is 16.1. The Morgan fingerprint density at radius 1 is 1.14 bits per heavy atom. The van der Waals surface area contributed by atoms with Crippen LogP contribution in [0.3, 0.4) is 0 Å². The smallest absolute Gasteiger partial charge is 0.127 e. The highest BCUT2D eigenvalue weighted by Crippen LogP contribution is 2.33. The molecule has 0 spiro atoms. The maximum Gasteiger partial charge on any atom is 0.127 e. The summed E-state index contributed by atoms with van der Waals surface area (Å²) in [6, 6.07) is 12.9. The van der Waals surface area contributed by atoms with Crippen molar-refractivity contribution in [1.82, 2.24) is 4.90 Å². The third-order valence-corrected chi connectivity index (χ3v) is 3.72. The molecular formula is C18H22FN3. The van der Waals surface area contributed by atoms with Crippen molar-refractivity contribution in [3.8, 4) is 0 Å². The average Bonchev–Trinajstić information content (AvgIpc) is 2.55. The molecule has 0 heterocycles. The Kier molecular flexibility index (Phi) is 5.15. The van der Waals surface area contributed by atoms with Crippen LogP contribution in [0.4, 0.5) is 21.5 Å². The van der Waals surface area contributed by atoms with Gasteiger partial charge in [-0.1, -0.05) is 18.2 Å². The lowest BCUT2D eigenvalue weighted by atomic mass is 10.1. The molecule has 0 N–H and O–H groups in total. The Morgan fingerprint density at radius 2 is 1.82 bits per heavy atom. The minimum Gasteiger partial charge on any atom is -0.366 e. The SMILES string of the molecule is CCN(C)C=Nc1cc(F)cc(N(C)c2ccccc2)c1C. The highest BCUT2D eigenvalue weighted by Gasteiger charge is 2.12. The molecule has 0 aliphatic carbocycles. The monoisotopic (exact) mass is 299 g/mol. The van der Waals surface area contributed by atoms with E-state index >= 15 is 0 Å². The Labute approximate surface area is 131 Å². The maximum absolute atomic E-state index is 14.0. The summed E-state index contributed by atoms with van der Waals surface area (Å²) >= 11 is 0. The lowest BCUT2D eigenvalue weighted by molar-refractivity contribution is 0.552. The zero-order valence-electron chi connectivity index (χ0n) is 13.5. The van der Waals surface area contributed by atoms with Gasteiger partial charge in [0, 0.05) is 32.0 Å². The van der Waals surface area contributed by atoms with Crippen molar-refractivity contribution in [3.05, 3.63) is 53.8 Å². The third kappa shape index (κ3) is 3.64. The van der Waals surface area contributed by atoms with E-state index < -0.39 is 0 Å². The fourth-order valence-corrected chi connectivity index (χ4v) is 2.17. The third-order valence-electron chi connectivity index (χ3n) is 3.72. The number of aliphatic imine (C=N–C) groups is 1. The minimum atomic E-state index is -0.283. The Balaban J connectivity index is 2.40. The zero-order valence-corrected chi connectivity index (χ0v) is 13.5. The van der Waals surface area contributed by atoms with E-state index in [9.17, 15) is 4.39 Å². The summed E-state index contributed by atoms with van der Waals surface area (Å²) in [5, 5.41) is 0. The number of hydrogen-bond acceptors (Lipinski definition) is 2. The maximum atomic E-state index is 14.0. The molecule has 0 atom stereocenters. The first-order chi connectivity index (χ1) is 10.5. The second-order valence-corrected chi connectivity index (χ2v) is 5.28. The van der Waals surface area contributed by atoms with Gasteiger partial charge in [-0.05, 0) is 43.7 Å². The summed E-state index contributed by atoms with van der Waals surface area (Å²) in [5.41, 5.74) is 3.43. The van der Waals surface area contributed by atoms with Gasteiger partial charge in [-0.25, -0.2) is 9.38 Å². The van der Waals surface area contributed by atoms with Crippen molar-refractivity contribution >= 4 is 23.4 Å². The first-order valence-corrected chi connectivity index (χ1v) is 7.36. The summed E-state index contributed by atoms with van der Waals surface area (Å²) in [6.45, 7) is 4.86. The molecule has 4 heteroatoms. The quantitative estimate of drug-likeness (QED) is 0.597. The van der Waals surface area contributed by atoms with E-state index in [0.29, 0.717) is 5.69 Å². The predicted octanol–water partition coefficient (Wildman–Crippen LogP) is 4.51. The molecule has 0 fully saturated rings. The van der Waals surface area contributed by atoms with E-state index in [1.807, 2.05) is 68.1 Å². The fraction of sp³-hybridized carbons (Fsp3) is 0.278. The van der Waals surface area contributed by atoms with Gasteiger partial charge in [-0.15, -0.1) is 0 Å². The molecule has 0 saturated heterocycles. The number of halogens is 1. The topological polar surface area (TPSA) is 18.8 Å². The van der Waals surface area contributed by atoms with Gasteiger partial charge >= 0.3 is 0 Å². The van der Waals surface area contributed by atoms with Crippen LogP contribution in [0.25, 0.3) is 0 Å². The molecule has 0 unspecified atom stereocenters. The standard InChI is InChI=1S/C18H22FN3/c1-5-21(3)13-20-17-11-15(19)12-18(14(17)2)22(4)16-9-7-6-8-10-16/h6-13H,5H2,1-4H3. The van der Waals surface area contributed by atoms with Crippen LogP contribution in [0.2, 0.25) is 0 Å². The Hall–Kier alpha value is -2.36. The number of rotatable bonds is 5. The van der Waals surface area contributed by atoms with Crippen molar-refractivity contribution in [1.29, 1.82) is 0 Å². The van der Waals surface area contributed by atoms with Gasteiger partial charge in [0.1, 0.15) is 5.82 Å². The number of anilines is 2. The Bertz CT molecular complexity index is 653. The van der Waals surface area contributed by atoms with Crippen molar-refractivity contribution in [2.24, 2.45) is 4.99 Å². The molecule has 116 valence electrons. The summed E-state index contributed by atoms with van der Waals surface area (Å²) in [4.78, 5) is 8.33. The molecule has 2 rings (SSSR count). The first-order valence-electron chi connectivity index (χ1n) is 7.36. The van der Waals surface area contributed by atoms with Crippen LogP contribution in [-0.4, -0.2) is 31.9 Å². The van der Waals surface area contributed by atoms with Gasteiger partial charge in [0.2, 0.25) is 0 Å². The van der Waals surface area contributed by atoms with Crippen molar-refractivity contribution in [2.75, 3.05) is 25.5 Å². The number of hydrogen-bond donors (Lipinski definition) is 0. The number of nitrogens with zero attached hydrogens (tertiary/aromatic N) is 3. The summed E-state index contributed by atoms with van der Waals surface area (Å²) < 4.78 is 14.0. The average molecular weight is 299 g/mol. The highest BCUT2D eigenvalue weighted by molar-refractivity contribution is 5.73. The normalized spacial score (nSPS) is 11.0. The van der Waals surface area contributed by atoms with Crippen LogP contribution in [0, 0.1) is 12.7 Å². The number of benzene rings is 2. The van der Waals surface area contributed by atoms with E-state index in [2.05, 4.69) is 4.99 Å². The van der Waals surface area contributed by atoms with Gasteiger partial charge in [0.15, 0.2) is 0 Å². The van der Waals surface area contributed by atoms with Crippen LogP contribution in [-0.2, 0) is 0 Å². The predicted molar refractivity (Wildman–Crippen MR) is 92.1 cm³/mol. The van der Waals surface area contributed by atoms with Crippen LogP contribution in [0.1, 0.15) is 12.5 Å².